The molecule has 13 heteroatoms. The molecule has 250 valence electrons. The first-order chi connectivity index (χ1) is 22.7. The van der Waals surface area contributed by atoms with E-state index in [2.05, 4.69) is 19.9 Å². The van der Waals surface area contributed by atoms with Gasteiger partial charge in [-0.15, -0.1) is 0 Å². The molecular formula is C34H46B3O9P. The van der Waals surface area contributed by atoms with Crippen LogP contribution in [0.1, 0.15) is 43.4 Å². The SMILES string of the molecule is BB[C@H]1CC(O[PH](=O)OC[C@H]2O[C@@H](B)CC2OC(C)C)[C@@H](COC(c2ccccc2)(c2ccc(OC)cc2)c2ccc(OC)cc2)O1. The predicted molar refractivity (Wildman–Crippen MR) is 189 cm³/mol. The van der Waals surface area contributed by atoms with E-state index < -0.39 is 26.1 Å². The Morgan fingerprint density at radius 1 is 0.830 bits per heavy atom. The molecule has 3 unspecified atom stereocenters. The number of ether oxygens (including phenoxy) is 6. The highest BCUT2D eigenvalue weighted by molar-refractivity contribution is 7.33. The molecule has 9 nitrogen and oxygen atoms in total. The van der Waals surface area contributed by atoms with Crippen molar-refractivity contribution in [3.05, 3.63) is 95.6 Å². The summed E-state index contributed by atoms with van der Waals surface area (Å²) in [5.41, 5.74) is 1.76. The molecule has 7 atom stereocenters. The molecule has 0 saturated carbocycles. The van der Waals surface area contributed by atoms with Crippen LogP contribution in [0, 0.1) is 0 Å². The van der Waals surface area contributed by atoms with Crippen LogP contribution in [0.25, 0.3) is 0 Å². The lowest BCUT2D eigenvalue weighted by Gasteiger charge is -2.37. The fourth-order valence-corrected chi connectivity index (χ4v) is 7.35. The van der Waals surface area contributed by atoms with E-state index in [1.165, 1.54) is 0 Å². The van der Waals surface area contributed by atoms with Gasteiger partial charge in [0.05, 0.1) is 53.5 Å². The van der Waals surface area contributed by atoms with E-state index in [0.717, 1.165) is 41.8 Å². The number of benzene rings is 3. The molecule has 2 fully saturated rings. The Balaban J connectivity index is 1.38. The summed E-state index contributed by atoms with van der Waals surface area (Å²) >= 11 is 0. The smallest absolute Gasteiger partial charge is 0.319 e. The van der Waals surface area contributed by atoms with Crippen molar-refractivity contribution in [2.24, 2.45) is 0 Å². The molecule has 2 aliphatic rings. The zero-order chi connectivity index (χ0) is 33.4. The third kappa shape index (κ3) is 8.73. The highest BCUT2D eigenvalue weighted by Gasteiger charge is 2.43. The molecule has 0 aliphatic carbocycles. The van der Waals surface area contributed by atoms with Gasteiger partial charge in [0, 0.05) is 12.0 Å². The summed E-state index contributed by atoms with van der Waals surface area (Å²) in [5, 5.41) is 0. The monoisotopic (exact) mass is 662 g/mol. The van der Waals surface area contributed by atoms with E-state index in [-0.39, 0.29) is 43.5 Å². The van der Waals surface area contributed by atoms with Crippen LogP contribution in [0.3, 0.4) is 0 Å². The number of hydrogen-bond acceptors (Lipinski definition) is 9. The summed E-state index contributed by atoms with van der Waals surface area (Å²) in [5.74, 6) is 1.49. The van der Waals surface area contributed by atoms with Crippen molar-refractivity contribution in [3.63, 3.8) is 0 Å². The van der Waals surface area contributed by atoms with Gasteiger partial charge in [-0.2, -0.15) is 0 Å². The van der Waals surface area contributed by atoms with Crippen molar-refractivity contribution in [3.8, 4) is 11.5 Å². The maximum atomic E-state index is 13.2. The first-order valence-electron chi connectivity index (χ1n) is 16.5. The van der Waals surface area contributed by atoms with Gasteiger partial charge in [-0.05, 0) is 67.6 Å². The summed E-state index contributed by atoms with van der Waals surface area (Å²) in [6.45, 7) is 4.30. The molecule has 0 aromatic heterocycles. The first kappa shape index (κ1) is 35.7. The number of hydrogen-bond donors (Lipinski definition) is 0. The minimum atomic E-state index is -2.86. The van der Waals surface area contributed by atoms with Crippen LogP contribution in [0.2, 0.25) is 0 Å². The molecule has 5 rings (SSSR count). The van der Waals surface area contributed by atoms with Gasteiger partial charge >= 0.3 is 8.25 Å². The van der Waals surface area contributed by atoms with E-state index in [0.29, 0.717) is 6.42 Å². The van der Waals surface area contributed by atoms with Crippen molar-refractivity contribution in [2.45, 2.75) is 74.8 Å². The molecule has 2 saturated heterocycles. The largest absolute Gasteiger partial charge is 0.497 e. The van der Waals surface area contributed by atoms with E-state index in [1.54, 1.807) is 14.2 Å². The van der Waals surface area contributed by atoms with Crippen molar-refractivity contribution >= 4 is 31.0 Å². The van der Waals surface area contributed by atoms with Gasteiger partial charge < -0.3 is 37.5 Å². The standard InChI is InChI=1S/C34H46B3O9P/c1-22(2)43-28-18-32(35)44-31(28)21-42-47(38)46-29-19-33(37-36)45-30(29)20-41-34(23-8-6-5-7-9-23,24-10-14-26(39-3)15-11-24)25-12-16-27(40-4)17-13-25/h5-17,22,28-33,37,47H,18-21,35-36H2,1-4H3/t28?,29?,30-,31-,32-,33-/m1/s1. The quantitative estimate of drug-likeness (QED) is 0.130. The molecule has 0 radical (unpaired) electrons. The van der Waals surface area contributed by atoms with Gasteiger partial charge in [-0.3, -0.25) is 4.57 Å². The molecule has 0 bridgehead atoms. The van der Waals surface area contributed by atoms with Crippen LogP contribution in [-0.2, 0) is 38.2 Å². The maximum absolute atomic E-state index is 13.2. The minimum absolute atomic E-state index is 0.0481. The van der Waals surface area contributed by atoms with E-state index in [4.69, 9.17) is 37.5 Å². The normalized spacial score (nSPS) is 25.1. The molecule has 2 aliphatic heterocycles. The molecule has 0 spiro atoms. The lowest BCUT2D eigenvalue weighted by molar-refractivity contribution is -0.0730. The summed E-state index contributed by atoms with van der Waals surface area (Å²) in [4.78, 5) is 0. The molecule has 0 amide bonds. The number of rotatable bonds is 16. The van der Waals surface area contributed by atoms with Crippen molar-refractivity contribution in [1.29, 1.82) is 0 Å². The van der Waals surface area contributed by atoms with Crippen LogP contribution in [0.15, 0.2) is 78.9 Å². The van der Waals surface area contributed by atoms with Gasteiger partial charge in [-0.25, -0.2) is 0 Å². The number of methoxy groups -OCH3 is 2. The molecule has 0 N–H and O–H groups in total. The molecular weight excluding hydrogens is 616 g/mol. The van der Waals surface area contributed by atoms with Gasteiger partial charge in [-0.1, -0.05) is 54.6 Å². The molecule has 3 aromatic carbocycles. The van der Waals surface area contributed by atoms with Gasteiger partial charge in [0.1, 0.15) is 44.3 Å². The fraction of sp³-hybridized carbons (Fsp3) is 0.471. The Bertz CT molecular complexity index is 1370. The maximum Gasteiger partial charge on any atom is 0.319 e. The van der Waals surface area contributed by atoms with E-state index in [9.17, 15) is 4.57 Å². The van der Waals surface area contributed by atoms with Crippen LogP contribution < -0.4 is 9.47 Å². The average Bonchev–Trinajstić information content (AvgIpc) is 3.65. The van der Waals surface area contributed by atoms with Crippen molar-refractivity contribution < 1.29 is 42.0 Å². The van der Waals surface area contributed by atoms with Crippen LogP contribution in [-0.4, -0.2) is 92.7 Å². The third-order valence-corrected chi connectivity index (χ3v) is 9.71. The molecule has 2 heterocycles. The van der Waals surface area contributed by atoms with Gasteiger partial charge in [0.25, 0.3) is 0 Å². The molecule has 3 aromatic rings. The van der Waals surface area contributed by atoms with Crippen LogP contribution in [0.5, 0.6) is 11.5 Å². The Morgan fingerprint density at radius 3 is 1.96 bits per heavy atom. The third-order valence-electron chi connectivity index (χ3n) is 8.82. The minimum Gasteiger partial charge on any atom is -0.497 e. The highest BCUT2D eigenvalue weighted by atomic mass is 31.1. The Hall–Kier alpha value is -2.56. The summed E-state index contributed by atoms with van der Waals surface area (Å²) in [6, 6.07) is 25.9. The second-order valence-electron chi connectivity index (χ2n) is 12.4. The van der Waals surface area contributed by atoms with Crippen LogP contribution in [0.4, 0.5) is 0 Å². The summed E-state index contributed by atoms with van der Waals surface area (Å²) in [6.07, 6.45) is 0.0626. The average molecular weight is 662 g/mol. The zero-order valence-corrected chi connectivity index (χ0v) is 29.3. The fourth-order valence-electron chi connectivity index (χ4n) is 6.48. The summed E-state index contributed by atoms with van der Waals surface area (Å²) < 4.78 is 61.5. The highest BCUT2D eigenvalue weighted by Crippen LogP contribution is 2.43. The Labute approximate surface area is 281 Å². The van der Waals surface area contributed by atoms with Crippen molar-refractivity contribution in [1.82, 2.24) is 0 Å². The lowest BCUT2D eigenvalue weighted by Crippen LogP contribution is -2.38. The lowest BCUT2D eigenvalue weighted by atomic mass is 9.51. The predicted octanol–water partition coefficient (Wildman–Crippen LogP) is 3.45. The van der Waals surface area contributed by atoms with Crippen molar-refractivity contribution in [2.75, 3.05) is 27.4 Å². The Kier molecular flexibility index (Phi) is 12.7. The first-order valence-corrected chi connectivity index (χ1v) is 17.8. The van der Waals surface area contributed by atoms with Gasteiger partial charge in [0.15, 0.2) is 0 Å². The topological polar surface area (TPSA) is 90.9 Å². The summed E-state index contributed by atoms with van der Waals surface area (Å²) in [7, 11) is 5.31. The Morgan fingerprint density at radius 2 is 1.40 bits per heavy atom. The molecule has 47 heavy (non-hydrogen) atoms. The zero-order valence-electron chi connectivity index (χ0n) is 28.3. The van der Waals surface area contributed by atoms with Gasteiger partial charge in [0.2, 0.25) is 0 Å². The van der Waals surface area contributed by atoms with E-state index >= 15 is 0 Å². The second-order valence-corrected chi connectivity index (χ2v) is 13.4. The second kappa shape index (κ2) is 16.7. The van der Waals surface area contributed by atoms with E-state index in [1.807, 2.05) is 88.4 Å². The van der Waals surface area contributed by atoms with Crippen LogP contribution >= 0.6 is 8.25 Å².